The van der Waals surface area contributed by atoms with Crippen molar-refractivity contribution in [1.82, 2.24) is 4.98 Å². The van der Waals surface area contributed by atoms with Gasteiger partial charge in [-0.1, -0.05) is 18.2 Å². The van der Waals surface area contributed by atoms with Gasteiger partial charge in [0, 0.05) is 23.6 Å². The quantitative estimate of drug-likeness (QED) is 0.648. The highest BCUT2D eigenvalue weighted by molar-refractivity contribution is 7.14. The van der Waals surface area contributed by atoms with E-state index in [2.05, 4.69) is 15.6 Å². The highest BCUT2D eigenvalue weighted by Gasteiger charge is 2.09. The second-order valence-electron chi connectivity index (χ2n) is 6.38. The molecule has 0 spiro atoms. The summed E-state index contributed by atoms with van der Waals surface area (Å²) < 4.78 is 5.54. The predicted octanol–water partition coefficient (Wildman–Crippen LogP) is 4.40. The third-order valence-corrected chi connectivity index (χ3v) is 4.86. The molecule has 0 radical (unpaired) electrons. The Kier molecular flexibility index (Phi) is 6.06. The lowest BCUT2D eigenvalue weighted by Crippen LogP contribution is -2.20. The lowest BCUT2D eigenvalue weighted by molar-refractivity contribution is -0.118. The van der Waals surface area contributed by atoms with Crippen LogP contribution in [-0.2, 0) is 9.59 Å². The number of aromatic nitrogens is 1. The first-order valence-corrected chi connectivity index (χ1v) is 9.62. The van der Waals surface area contributed by atoms with Gasteiger partial charge in [0.05, 0.1) is 5.69 Å². The highest BCUT2D eigenvalue weighted by Crippen LogP contribution is 2.26. The van der Waals surface area contributed by atoms with Gasteiger partial charge in [-0.05, 0) is 49.2 Å². The number of hydrogen-bond donors (Lipinski definition) is 2. The van der Waals surface area contributed by atoms with E-state index < -0.39 is 0 Å². The number of thiazole rings is 1. The van der Waals surface area contributed by atoms with Crippen molar-refractivity contribution in [3.8, 4) is 17.0 Å². The fraction of sp³-hybridized carbons (Fsp3) is 0.190. The van der Waals surface area contributed by atoms with Crippen LogP contribution in [0.1, 0.15) is 18.1 Å². The summed E-state index contributed by atoms with van der Waals surface area (Å²) in [6, 6.07) is 13.1. The average Bonchev–Trinajstić information content (AvgIpc) is 3.11. The SMILES string of the molecule is CC(=O)Nc1ccc(-c2csc(NC(=O)COc3ccc(C)c(C)c3)n2)cc1. The molecule has 0 aliphatic heterocycles. The van der Waals surface area contributed by atoms with Crippen LogP contribution in [0.5, 0.6) is 5.75 Å². The Labute approximate surface area is 167 Å². The smallest absolute Gasteiger partial charge is 0.264 e. The molecule has 0 aliphatic rings. The van der Waals surface area contributed by atoms with Crippen LogP contribution in [-0.4, -0.2) is 23.4 Å². The lowest BCUT2D eigenvalue weighted by atomic mass is 10.1. The molecule has 0 bridgehead atoms. The largest absolute Gasteiger partial charge is 0.484 e. The Morgan fingerprint density at radius 2 is 1.79 bits per heavy atom. The van der Waals surface area contributed by atoms with Gasteiger partial charge >= 0.3 is 0 Å². The normalized spacial score (nSPS) is 10.4. The summed E-state index contributed by atoms with van der Waals surface area (Å²) in [7, 11) is 0. The van der Waals surface area contributed by atoms with Gasteiger partial charge in [0.25, 0.3) is 5.91 Å². The Morgan fingerprint density at radius 1 is 1.04 bits per heavy atom. The van der Waals surface area contributed by atoms with Gasteiger partial charge in [0.2, 0.25) is 5.91 Å². The standard InChI is InChI=1S/C21H21N3O3S/c1-13-4-9-18(10-14(13)2)27-11-20(26)24-21-23-19(12-28-21)16-5-7-17(8-6-16)22-15(3)25/h4-10,12H,11H2,1-3H3,(H,22,25)(H,23,24,26). The minimum absolute atomic E-state index is 0.0805. The Bertz CT molecular complexity index is 996. The maximum Gasteiger partial charge on any atom is 0.264 e. The molecule has 0 saturated carbocycles. The summed E-state index contributed by atoms with van der Waals surface area (Å²) in [5, 5.41) is 7.85. The molecule has 7 heteroatoms. The van der Waals surface area contributed by atoms with Crippen LogP contribution in [0.3, 0.4) is 0 Å². The van der Waals surface area contributed by atoms with Gasteiger partial charge in [0.1, 0.15) is 5.75 Å². The molecule has 2 N–H and O–H groups in total. The molecule has 2 amide bonds. The van der Waals surface area contributed by atoms with Crippen LogP contribution in [0.25, 0.3) is 11.3 Å². The molecule has 3 aromatic rings. The zero-order valence-corrected chi connectivity index (χ0v) is 16.7. The molecule has 3 rings (SSSR count). The number of amides is 2. The van der Waals surface area contributed by atoms with E-state index in [0.29, 0.717) is 10.9 Å². The molecular weight excluding hydrogens is 374 g/mol. The summed E-state index contributed by atoms with van der Waals surface area (Å²) in [5.41, 5.74) is 4.68. The molecule has 0 atom stereocenters. The molecule has 1 aromatic heterocycles. The summed E-state index contributed by atoms with van der Waals surface area (Å²) in [4.78, 5) is 27.6. The molecule has 1 heterocycles. The van der Waals surface area contributed by atoms with Gasteiger partial charge in [-0.3, -0.25) is 14.9 Å². The fourth-order valence-corrected chi connectivity index (χ4v) is 3.24. The molecule has 0 saturated heterocycles. The fourth-order valence-electron chi connectivity index (χ4n) is 2.50. The second-order valence-corrected chi connectivity index (χ2v) is 7.24. The van der Waals surface area contributed by atoms with Crippen LogP contribution >= 0.6 is 11.3 Å². The summed E-state index contributed by atoms with van der Waals surface area (Å²) >= 11 is 1.35. The van der Waals surface area contributed by atoms with Crippen molar-refractivity contribution in [3.05, 3.63) is 59.0 Å². The van der Waals surface area contributed by atoms with Crippen molar-refractivity contribution >= 4 is 34.0 Å². The predicted molar refractivity (Wildman–Crippen MR) is 112 cm³/mol. The van der Waals surface area contributed by atoms with Gasteiger partial charge in [-0.2, -0.15) is 0 Å². The van der Waals surface area contributed by atoms with E-state index in [-0.39, 0.29) is 18.4 Å². The van der Waals surface area contributed by atoms with E-state index in [1.807, 2.05) is 61.7 Å². The number of anilines is 2. The minimum atomic E-state index is -0.264. The van der Waals surface area contributed by atoms with Crippen molar-refractivity contribution in [2.45, 2.75) is 20.8 Å². The van der Waals surface area contributed by atoms with Crippen molar-refractivity contribution in [2.24, 2.45) is 0 Å². The zero-order valence-electron chi connectivity index (χ0n) is 15.9. The minimum Gasteiger partial charge on any atom is -0.484 e. The van der Waals surface area contributed by atoms with Crippen molar-refractivity contribution < 1.29 is 14.3 Å². The van der Waals surface area contributed by atoms with Crippen LogP contribution in [0.4, 0.5) is 10.8 Å². The zero-order chi connectivity index (χ0) is 20.1. The molecule has 0 aliphatic carbocycles. The number of carbonyl (C=O) groups excluding carboxylic acids is 2. The van der Waals surface area contributed by atoms with E-state index in [4.69, 9.17) is 4.74 Å². The van der Waals surface area contributed by atoms with E-state index in [1.54, 1.807) is 0 Å². The number of nitrogens with zero attached hydrogens (tertiary/aromatic N) is 1. The monoisotopic (exact) mass is 395 g/mol. The number of benzene rings is 2. The molecule has 0 fully saturated rings. The summed E-state index contributed by atoms with van der Waals surface area (Å²) in [6.07, 6.45) is 0. The van der Waals surface area contributed by atoms with Gasteiger partial charge < -0.3 is 10.1 Å². The van der Waals surface area contributed by atoms with Crippen LogP contribution in [0, 0.1) is 13.8 Å². The first-order valence-electron chi connectivity index (χ1n) is 8.74. The number of hydrogen-bond acceptors (Lipinski definition) is 5. The van der Waals surface area contributed by atoms with Crippen LogP contribution in [0.2, 0.25) is 0 Å². The number of rotatable bonds is 6. The topological polar surface area (TPSA) is 80.3 Å². The summed E-state index contributed by atoms with van der Waals surface area (Å²) in [6.45, 7) is 5.41. The Hall–Kier alpha value is -3.19. The third-order valence-electron chi connectivity index (χ3n) is 4.10. The molecular formula is C21H21N3O3S. The Balaban J connectivity index is 1.57. The lowest BCUT2D eigenvalue weighted by Gasteiger charge is -2.08. The second kappa shape index (κ2) is 8.67. The van der Waals surface area contributed by atoms with Crippen molar-refractivity contribution in [1.29, 1.82) is 0 Å². The number of nitrogens with one attached hydrogen (secondary N) is 2. The molecule has 2 aromatic carbocycles. The third kappa shape index (κ3) is 5.17. The summed E-state index contributed by atoms with van der Waals surface area (Å²) in [5.74, 6) is 0.284. The maximum atomic E-state index is 12.1. The molecule has 6 nitrogen and oxygen atoms in total. The average molecular weight is 395 g/mol. The molecule has 28 heavy (non-hydrogen) atoms. The molecule has 144 valence electrons. The highest BCUT2D eigenvalue weighted by atomic mass is 32.1. The van der Waals surface area contributed by atoms with E-state index in [0.717, 1.165) is 22.5 Å². The molecule has 0 unspecified atom stereocenters. The Morgan fingerprint density at radius 3 is 2.46 bits per heavy atom. The van der Waals surface area contributed by atoms with E-state index >= 15 is 0 Å². The number of aryl methyl sites for hydroxylation is 2. The van der Waals surface area contributed by atoms with Crippen molar-refractivity contribution in [2.75, 3.05) is 17.2 Å². The maximum absolute atomic E-state index is 12.1. The number of carbonyl (C=O) groups is 2. The van der Waals surface area contributed by atoms with Gasteiger partial charge in [-0.25, -0.2) is 4.98 Å². The first-order chi connectivity index (χ1) is 13.4. The number of ether oxygens (including phenoxy) is 1. The van der Waals surface area contributed by atoms with E-state index in [9.17, 15) is 9.59 Å². The van der Waals surface area contributed by atoms with E-state index in [1.165, 1.54) is 23.8 Å². The van der Waals surface area contributed by atoms with Crippen molar-refractivity contribution in [3.63, 3.8) is 0 Å². The first kappa shape index (κ1) is 19.6. The van der Waals surface area contributed by atoms with Crippen LogP contribution in [0.15, 0.2) is 47.8 Å². The van der Waals surface area contributed by atoms with Crippen LogP contribution < -0.4 is 15.4 Å². The van der Waals surface area contributed by atoms with Gasteiger partial charge in [0.15, 0.2) is 11.7 Å². The van der Waals surface area contributed by atoms with Gasteiger partial charge in [-0.15, -0.1) is 11.3 Å².